The summed E-state index contributed by atoms with van der Waals surface area (Å²) in [5.41, 5.74) is -0.538. The molecule has 1 aromatic carbocycles. The van der Waals surface area contributed by atoms with Crippen molar-refractivity contribution in [1.82, 2.24) is 9.55 Å². The maximum atomic E-state index is 11.7. The minimum atomic E-state index is -1.09. The SMILES string of the molecule is O=C(O)/C=C/Cn1c(=O)[nH]c(=O)c2ccccc21. The molecule has 0 bridgehead atoms. The summed E-state index contributed by atoms with van der Waals surface area (Å²) in [6.45, 7) is 0.0857. The molecule has 0 aliphatic carbocycles. The van der Waals surface area contributed by atoms with Crippen molar-refractivity contribution in [3.63, 3.8) is 0 Å². The van der Waals surface area contributed by atoms with Crippen LogP contribution in [0.25, 0.3) is 10.9 Å². The summed E-state index contributed by atoms with van der Waals surface area (Å²) >= 11 is 0. The van der Waals surface area contributed by atoms with E-state index in [1.165, 1.54) is 10.6 Å². The molecule has 0 unspecified atom stereocenters. The molecule has 92 valence electrons. The van der Waals surface area contributed by atoms with E-state index in [1.54, 1.807) is 24.3 Å². The number of aromatic amines is 1. The van der Waals surface area contributed by atoms with Gasteiger partial charge in [-0.25, -0.2) is 9.59 Å². The van der Waals surface area contributed by atoms with Gasteiger partial charge in [-0.15, -0.1) is 0 Å². The third-order valence-electron chi connectivity index (χ3n) is 2.45. The maximum absolute atomic E-state index is 11.7. The van der Waals surface area contributed by atoms with Gasteiger partial charge in [0.05, 0.1) is 10.9 Å². The number of aliphatic carboxylic acids is 1. The number of fused-ring (bicyclic) bond motifs is 1. The number of carboxylic acids is 1. The molecule has 0 aliphatic rings. The van der Waals surface area contributed by atoms with Gasteiger partial charge in [0.25, 0.3) is 5.56 Å². The summed E-state index contributed by atoms with van der Waals surface area (Å²) in [5, 5.41) is 8.88. The summed E-state index contributed by atoms with van der Waals surface area (Å²) in [7, 11) is 0. The highest BCUT2D eigenvalue weighted by Crippen LogP contribution is 2.06. The number of hydrogen-bond donors (Lipinski definition) is 2. The third-order valence-corrected chi connectivity index (χ3v) is 2.45. The van der Waals surface area contributed by atoms with Crippen LogP contribution in [0.2, 0.25) is 0 Å². The van der Waals surface area contributed by atoms with E-state index in [1.807, 2.05) is 0 Å². The number of rotatable bonds is 3. The quantitative estimate of drug-likeness (QED) is 0.763. The third kappa shape index (κ3) is 2.22. The van der Waals surface area contributed by atoms with E-state index in [9.17, 15) is 14.4 Å². The van der Waals surface area contributed by atoms with Crippen molar-refractivity contribution >= 4 is 16.9 Å². The minimum Gasteiger partial charge on any atom is -0.478 e. The van der Waals surface area contributed by atoms with Crippen LogP contribution in [0.4, 0.5) is 0 Å². The van der Waals surface area contributed by atoms with Crippen LogP contribution >= 0.6 is 0 Å². The molecule has 0 saturated heterocycles. The van der Waals surface area contributed by atoms with Crippen molar-refractivity contribution in [3.8, 4) is 0 Å². The summed E-state index contributed by atoms with van der Waals surface area (Å²) in [4.78, 5) is 35.8. The summed E-state index contributed by atoms with van der Waals surface area (Å²) < 4.78 is 1.30. The topological polar surface area (TPSA) is 92.2 Å². The average molecular weight is 246 g/mol. The van der Waals surface area contributed by atoms with Gasteiger partial charge in [0, 0.05) is 12.6 Å². The maximum Gasteiger partial charge on any atom is 0.329 e. The smallest absolute Gasteiger partial charge is 0.329 e. The Labute approximate surface area is 101 Å². The van der Waals surface area contributed by atoms with Gasteiger partial charge in [-0.05, 0) is 12.1 Å². The van der Waals surface area contributed by atoms with Crippen molar-refractivity contribution in [1.29, 1.82) is 0 Å². The van der Waals surface area contributed by atoms with Crippen molar-refractivity contribution in [2.45, 2.75) is 6.54 Å². The minimum absolute atomic E-state index is 0.0857. The van der Waals surface area contributed by atoms with E-state index in [0.717, 1.165) is 6.08 Å². The van der Waals surface area contributed by atoms with E-state index in [2.05, 4.69) is 4.98 Å². The van der Waals surface area contributed by atoms with Crippen LogP contribution in [-0.2, 0) is 11.3 Å². The van der Waals surface area contributed by atoms with Gasteiger partial charge >= 0.3 is 11.7 Å². The first-order valence-electron chi connectivity index (χ1n) is 5.21. The largest absolute Gasteiger partial charge is 0.478 e. The van der Waals surface area contributed by atoms with Crippen LogP contribution < -0.4 is 11.2 Å². The Bertz CT molecular complexity index is 740. The highest BCUT2D eigenvalue weighted by Gasteiger charge is 2.04. The average Bonchev–Trinajstić information content (AvgIpc) is 2.33. The number of H-pyrrole nitrogens is 1. The lowest BCUT2D eigenvalue weighted by molar-refractivity contribution is -0.131. The molecule has 18 heavy (non-hydrogen) atoms. The Morgan fingerprint density at radius 2 is 2.06 bits per heavy atom. The fourth-order valence-electron chi connectivity index (χ4n) is 1.68. The first-order valence-corrected chi connectivity index (χ1v) is 5.21. The second-order valence-corrected chi connectivity index (χ2v) is 3.63. The van der Waals surface area contributed by atoms with Gasteiger partial charge in [-0.1, -0.05) is 18.2 Å². The predicted octanol–water partition coefficient (Wildman–Crippen LogP) is 0.331. The summed E-state index contributed by atoms with van der Waals surface area (Å²) in [5.74, 6) is -1.09. The zero-order valence-electron chi connectivity index (χ0n) is 9.29. The van der Waals surface area contributed by atoms with Crippen LogP contribution in [0.1, 0.15) is 0 Å². The first-order chi connectivity index (χ1) is 8.59. The fourth-order valence-corrected chi connectivity index (χ4v) is 1.68. The van der Waals surface area contributed by atoms with E-state index in [0.29, 0.717) is 10.9 Å². The molecule has 0 radical (unpaired) electrons. The van der Waals surface area contributed by atoms with Crippen molar-refractivity contribution in [3.05, 3.63) is 57.3 Å². The van der Waals surface area contributed by atoms with Gasteiger partial charge < -0.3 is 5.11 Å². The summed E-state index contributed by atoms with van der Waals surface area (Å²) in [6.07, 6.45) is 2.29. The van der Waals surface area contributed by atoms with Gasteiger partial charge in [-0.2, -0.15) is 0 Å². The Kier molecular flexibility index (Phi) is 3.09. The Hall–Kier alpha value is -2.63. The number of nitrogens with one attached hydrogen (secondary N) is 1. The number of carboxylic acid groups (broad SMARTS) is 1. The highest BCUT2D eigenvalue weighted by atomic mass is 16.4. The molecular formula is C12H10N2O4. The summed E-state index contributed by atoms with van der Waals surface area (Å²) in [6, 6.07) is 6.64. The van der Waals surface area contributed by atoms with Crippen LogP contribution in [0.3, 0.4) is 0 Å². The number of carbonyl (C=O) groups is 1. The lowest BCUT2D eigenvalue weighted by Gasteiger charge is -2.05. The van der Waals surface area contributed by atoms with Crippen molar-refractivity contribution in [2.24, 2.45) is 0 Å². The monoisotopic (exact) mass is 246 g/mol. The molecule has 1 aromatic heterocycles. The van der Waals surface area contributed by atoms with Crippen LogP contribution in [-0.4, -0.2) is 20.6 Å². The van der Waals surface area contributed by atoms with E-state index in [-0.39, 0.29) is 6.54 Å². The zero-order valence-corrected chi connectivity index (χ0v) is 9.29. The van der Waals surface area contributed by atoms with Crippen molar-refractivity contribution in [2.75, 3.05) is 0 Å². The molecule has 2 rings (SSSR count). The second-order valence-electron chi connectivity index (χ2n) is 3.63. The number of nitrogens with zero attached hydrogens (tertiary/aromatic N) is 1. The highest BCUT2D eigenvalue weighted by molar-refractivity contribution is 5.80. The Morgan fingerprint density at radius 1 is 1.33 bits per heavy atom. The predicted molar refractivity (Wildman–Crippen MR) is 65.6 cm³/mol. The number of hydrogen-bond acceptors (Lipinski definition) is 3. The number of para-hydroxylation sites is 1. The molecule has 6 heteroatoms. The van der Waals surface area contributed by atoms with E-state index in [4.69, 9.17) is 5.11 Å². The van der Waals surface area contributed by atoms with Gasteiger partial charge in [0.1, 0.15) is 0 Å². The van der Waals surface area contributed by atoms with Crippen LogP contribution in [0, 0.1) is 0 Å². The number of benzene rings is 1. The molecule has 0 amide bonds. The van der Waals surface area contributed by atoms with Crippen LogP contribution in [0.15, 0.2) is 46.0 Å². The molecule has 0 fully saturated rings. The molecule has 0 atom stereocenters. The van der Waals surface area contributed by atoms with Crippen LogP contribution in [0.5, 0.6) is 0 Å². The van der Waals surface area contributed by atoms with E-state index < -0.39 is 17.2 Å². The fraction of sp³-hybridized carbons (Fsp3) is 0.0833. The molecule has 2 aromatic rings. The first kappa shape index (κ1) is 11.8. The Morgan fingerprint density at radius 3 is 2.78 bits per heavy atom. The normalized spacial score (nSPS) is 11.1. The van der Waals surface area contributed by atoms with Gasteiger partial charge in [-0.3, -0.25) is 14.3 Å². The van der Waals surface area contributed by atoms with Crippen molar-refractivity contribution < 1.29 is 9.90 Å². The standard InChI is InChI=1S/C12H10N2O4/c15-10(16)6-3-7-14-9-5-2-1-4-8(9)11(17)13-12(14)18/h1-6H,7H2,(H,15,16)(H,13,17,18)/b6-3+. The number of allylic oxidation sites excluding steroid dienone is 1. The van der Waals surface area contributed by atoms with E-state index >= 15 is 0 Å². The zero-order chi connectivity index (χ0) is 13.1. The lowest BCUT2D eigenvalue weighted by atomic mass is 10.2. The lowest BCUT2D eigenvalue weighted by Crippen LogP contribution is -2.30. The van der Waals surface area contributed by atoms with Gasteiger partial charge in [0.15, 0.2) is 0 Å². The molecular weight excluding hydrogens is 236 g/mol. The second kappa shape index (κ2) is 4.70. The van der Waals surface area contributed by atoms with Gasteiger partial charge in [0.2, 0.25) is 0 Å². The Balaban J connectivity index is 2.60. The number of aromatic nitrogens is 2. The molecule has 0 aliphatic heterocycles. The molecule has 6 nitrogen and oxygen atoms in total. The molecule has 0 spiro atoms. The molecule has 1 heterocycles. The molecule has 2 N–H and O–H groups in total. The molecule has 0 saturated carbocycles.